The van der Waals surface area contributed by atoms with Crippen LogP contribution in [0.2, 0.25) is 0 Å². The lowest BCUT2D eigenvalue weighted by molar-refractivity contribution is -0.125. The van der Waals surface area contributed by atoms with Crippen molar-refractivity contribution in [2.75, 3.05) is 11.9 Å². The number of primary amides is 1. The first-order valence-electron chi connectivity index (χ1n) is 5.37. The smallest absolute Gasteiger partial charge is 0.224 e. The Morgan fingerprint density at radius 2 is 2.06 bits per heavy atom. The topological polar surface area (TPSA) is 81.1 Å². The van der Waals surface area contributed by atoms with Gasteiger partial charge in [-0.05, 0) is 32.0 Å². The molecular weight excluding hydrogens is 253 g/mol. The molecule has 0 bridgehead atoms. The van der Waals surface area contributed by atoms with E-state index < -0.39 is 17.1 Å². The normalized spacial score (nSPS) is 11.1. The molecule has 98 valence electrons. The number of hydrogen-bond acceptors (Lipinski definition) is 3. The molecule has 0 aliphatic heterocycles. The van der Waals surface area contributed by atoms with E-state index in [0.717, 1.165) is 0 Å². The summed E-state index contributed by atoms with van der Waals surface area (Å²) in [4.78, 5) is 11.3. The van der Waals surface area contributed by atoms with Gasteiger partial charge < -0.3 is 16.8 Å². The van der Waals surface area contributed by atoms with E-state index in [-0.39, 0.29) is 17.2 Å². The van der Waals surface area contributed by atoms with Crippen molar-refractivity contribution in [2.45, 2.75) is 13.8 Å². The molecule has 0 aromatic heterocycles. The summed E-state index contributed by atoms with van der Waals surface area (Å²) in [6, 6.07) is 4.40. The lowest BCUT2D eigenvalue weighted by Gasteiger charge is -2.21. The zero-order valence-corrected chi connectivity index (χ0v) is 11.1. The van der Waals surface area contributed by atoms with Crippen LogP contribution in [0.15, 0.2) is 18.2 Å². The minimum atomic E-state index is -0.756. The Kier molecular flexibility index (Phi) is 4.24. The number of benzene rings is 1. The van der Waals surface area contributed by atoms with Crippen molar-refractivity contribution in [2.24, 2.45) is 16.9 Å². The Labute approximate surface area is 111 Å². The van der Waals surface area contributed by atoms with E-state index in [2.05, 4.69) is 5.32 Å². The third kappa shape index (κ3) is 3.40. The number of carbonyl (C=O) groups is 1. The Morgan fingerprint density at radius 3 is 2.50 bits per heavy atom. The first-order chi connectivity index (χ1) is 8.24. The number of carbonyl (C=O) groups excluding carboxylic acids is 1. The lowest BCUT2D eigenvalue weighted by Crippen LogP contribution is -2.37. The first-order valence-corrected chi connectivity index (χ1v) is 5.78. The van der Waals surface area contributed by atoms with Crippen LogP contribution in [0.1, 0.15) is 19.4 Å². The van der Waals surface area contributed by atoms with E-state index >= 15 is 0 Å². The standard InChI is InChI=1S/C12H16FN3OS/c1-12(2,11(15)17)6-16-9-4-3-7(10(14)18)5-8(9)13/h3-5,16H,6H2,1-2H3,(H2,14,18)(H2,15,17). The maximum absolute atomic E-state index is 13.7. The lowest BCUT2D eigenvalue weighted by atomic mass is 9.92. The van der Waals surface area contributed by atoms with Crippen LogP contribution in [0.25, 0.3) is 0 Å². The summed E-state index contributed by atoms with van der Waals surface area (Å²) in [5.41, 5.74) is 10.6. The predicted octanol–water partition coefficient (Wildman–Crippen LogP) is 1.38. The van der Waals surface area contributed by atoms with Gasteiger partial charge in [0.15, 0.2) is 0 Å². The van der Waals surface area contributed by atoms with Gasteiger partial charge in [0.05, 0.1) is 11.1 Å². The van der Waals surface area contributed by atoms with Gasteiger partial charge in [0.25, 0.3) is 0 Å². The second kappa shape index (κ2) is 5.30. The fraction of sp³-hybridized carbons (Fsp3) is 0.333. The molecule has 1 aromatic carbocycles. The van der Waals surface area contributed by atoms with Crippen LogP contribution in [0.4, 0.5) is 10.1 Å². The van der Waals surface area contributed by atoms with Gasteiger partial charge in [-0.3, -0.25) is 4.79 Å². The molecule has 0 aliphatic carbocycles. The molecule has 5 N–H and O–H groups in total. The third-order valence-electron chi connectivity index (χ3n) is 2.64. The summed E-state index contributed by atoms with van der Waals surface area (Å²) in [6.07, 6.45) is 0. The Bertz CT molecular complexity index is 488. The number of amides is 1. The molecule has 0 radical (unpaired) electrons. The van der Waals surface area contributed by atoms with Crippen molar-refractivity contribution in [3.8, 4) is 0 Å². The summed E-state index contributed by atoms with van der Waals surface area (Å²) in [5, 5.41) is 2.84. The summed E-state index contributed by atoms with van der Waals surface area (Å²) in [6.45, 7) is 3.61. The van der Waals surface area contributed by atoms with Crippen LogP contribution in [0, 0.1) is 11.2 Å². The summed E-state index contributed by atoms with van der Waals surface area (Å²) in [5.74, 6) is -0.921. The van der Waals surface area contributed by atoms with Crippen molar-refractivity contribution < 1.29 is 9.18 Å². The van der Waals surface area contributed by atoms with Crippen molar-refractivity contribution in [3.05, 3.63) is 29.6 Å². The number of rotatable bonds is 5. The van der Waals surface area contributed by atoms with Gasteiger partial charge in [-0.1, -0.05) is 12.2 Å². The molecule has 0 heterocycles. The van der Waals surface area contributed by atoms with Gasteiger partial charge in [0.2, 0.25) is 5.91 Å². The molecular formula is C12H16FN3OS. The molecule has 6 heteroatoms. The highest BCUT2D eigenvalue weighted by molar-refractivity contribution is 7.80. The molecule has 1 aromatic rings. The third-order valence-corrected chi connectivity index (χ3v) is 2.88. The zero-order chi connectivity index (χ0) is 13.9. The van der Waals surface area contributed by atoms with Crippen LogP contribution in [0.3, 0.4) is 0 Å². The van der Waals surface area contributed by atoms with Crippen LogP contribution in [-0.2, 0) is 4.79 Å². The molecule has 0 aliphatic rings. The largest absolute Gasteiger partial charge is 0.389 e. The average Bonchev–Trinajstić information content (AvgIpc) is 2.26. The molecule has 0 saturated heterocycles. The molecule has 0 saturated carbocycles. The van der Waals surface area contributed by atoms with Crippen LogP contribution in [0.5, 0.6) is 0 Å². The highest BCUT2D eigenvalue weighted by atomic mass is 32.1. The minimum absolute atomic E-state index is 0.137. The Balaban J connectivity index is 2.81. The second-order valence-electron chi connectivity index (χ2n) is 4.66. The van der Waals surface area contributed by atoms with Crippen LogP contribution in [-0.4, -0.2) is 17.4 Å². The van der Waals surface area contributed by atoms with Crippen LogP contribution < -0.4 is 16.8 Å². The molecule has 0 atom stereocenters. The van der Waals surface area contributed by atoms with Gasteiger partial charge in [0.1, 0.15) is 10.8 Å². The highest BCUT2D eigenvalue weighted by Gasteiger charge is 2.24. The van der Waals surface area contributed by atoms with Crippen molar-refractivity contribution >= 4 is 28.8 Å². The number of nitrogens with one attached hydrogen (secondary N) is 1. The molecule has 0 spiro atoms. The van der Waals surface area contributed by atoms with E-state index in [1.165, 1.54) is 12.1 Å². The van der Waals surface area contributed by atoms with Gasteiger partial charge in [-0.15, -0.1) is 0 Å². The highest BCUT2D eigenvalue weighted by Crippen LogP contribution is 2.19. The molecule has 1 rings (SSSR count). The maximum atomic E-state index is 13.7. The van der Waals surface area contributed by atoms with Crippen LogP contribution >= 0.6 is 12.2 Å². The van der Waals surface area contributed by atoms with Gasteiger partial charge >= 0.3 is 0 Å². The number of thiocarbonyl (C=S) groups is 1. The molecule has 0 unspecified atom stereocenters. The van der Waals surface area contributed by atoms with Crippen molar-refractivity contribution in [3.63, 3.8) is 0 Å². The van der Waals surface area contributed by atoms with E-state index in [9.17, 15) is 9.18 Å². The second-order valence-corrected chi connectivity index (χ2v) is 5.10. The van der Waals surface area contributed by atoms with Crippen molar-refractivity contribution in [1.82, 2.24) is 0 Å². The number of halogens is 1. The van der Waals surface area contributed by atoms with Crippen molar-refractivity contribution in [1.29, 1.82) is 0 Å². The zero-order valence-electron chi connectivity index (χ0n) is 10.3. The number of anilines is 1. The van der Waals surface area contributed by atoms with Gasteiger partial charge in [-0.2, -0.15) is 0 Å². The monoisotopic (exact) mass is 269 g/mol. The van der Waals surface area contributed by atoms with E-state index in [1.54, 1.807) is 19.9 Å². The maximum Gasteiger partial charge on any atom is 0.224 e. The number of nitrogens with two attached hydrogens (primary N) is 2. The molecule has 4 nitrogen and oxygen atoms in total. The Morgan fingerprint density at radius 1 is 1.44 bits per heavy atom. The van der Waals surface area contributed by atoms with E-state index in [4.69, 9.17) is 23.7 Å². The van der Waals surface area contributed by atoms with Gasteiger partial charge in [0, 0.05) is 12.1 Å². The first kappa shape index (κ1) is 14.4. The molecule has 1 amide bonds. The minimum Gasteiger partial charge on any atom is -0.389 e. The average molecular weight is 269 g/mol. The number of hydrogen-bond donors (Lipinski definition) is 3. The molecule has 0 fully saturated rings. The summed E-state index contributed by atoms with van der Waals surface area (Å²) < 4.78 is 13.7. The van der Waals surface area contributed by atoms with Gasteiger partial charge in [-0.25, -0.2) is 4.39 Å². The Hall–Kier alpha value is -1.69. The van der Waals surface area contributed by atoms with E-state index in [1.807, 2.05) is 0 Å². The molecule has 18 heavy (non-hydrogen) atoms. The quantitative estimate of drug-likeness (QED) is 0.705. The fourth-order valence-electron chi connectivity index (χ4n) is 1.22. The summed E-state index contributed by atoms with van der Waals surface area (Å²) >= 11 is 4.75. The predicted molar refractivity (Wildman–Crippen MR) is 73.8 cm³/mol. The SMILES string of the molecule is CC(C)(CNc1ccc(C(N)=S)cc1F)C(N)=O. The summed E-state index contributed by atoms with van der Waals surface area (Å²) in [7, 11) is 0. The fourth-order valence-corrected chi connectivity index (χ4v) is 1.34. The van der Waals surface area contributed by atoms with E-state index in [0.29, 0.717) is 5.56 Å².